The average molecular weight is 366 g/mol. The predicted molar refractivity (Wildman–Crippen MR) is 95.6 cm³/mol. The van der Waals surface area contributed by atoms with Crippen molar-refractivity contribution in [2.24, 2.45) is 5.41 Å². The minimum atomic E-state index is -3.37. The van der Waals surface area contributed by atoms with Crippen molar-refractivity contribution in [2.75, 3.05) is 33.1 Å². The number of ether oxygens (including phenoxy) is 1. The highest BCUT2D eigenvalue weighted by atomic mass is 32.2. The standard InChI is InChI=1S/C18H26N2O4S/c1-20(2)25(22,23)12-7-16(21)19-17-15-6-4-3-5-14(15)13-18(17)8-10-24-11-9-18/h3-6,17H,7-13H2,1-2H3,(H,19,21). The lowest BCUT2D eigenvalue weighted by Crippen LogP contribution is -2.42. The Bertz CT molecular complexity index is 739. The third-order valence-corrected chi connectivity index (χ3v) is 7.29. The van der Waals surface area contributed by atoms with E-state index in [-0.39, 0.29) is 29.5 Å². The molecular formula is C18H26N2O4S. The van der Waals surface area contributed by atoms with Crippen molar-refractivity contribution in [1.29, 1.82) is 0 Å². The van der Waals surface area contributed by atoms with Gasteiger partial charge in [0.05, 0.1) is 11.8 Å². The van der Waals surface area contributed by atoms with Crippen LogP contribution >= 0.6 is 0 Å². The number of hydrogen-bond acceptors (Lipinski definition) is 4. The summed E-state index contributed by atoms with van der Waals surface area (Å²) in [5.41, 5.74) is 2.42. The first-order valence-corrected chi connectivity index (χ1v) is 10.3. The molecule has 7 heteroatoms. The number of rotatable bonds is 5. The van der Waals surface area contributed by atoms with Crippen LogP contribution in [0.1, 0.15) is 36.4 Å². The second kappa shape index (κ2) is 7.05. The number of benzene rings is 1. The molecule has 1 heterocycles. The molecule has 1 fully saturated rings. The lowest BCUT2D eigenvalue weighted by atomic mass is 9.74. The molecule has 2 aliphatic rings. The number of amides is 1. The summed E-state index contributed by atoms with van der Waals surface area (Å²) in [6.45, 7) is 1.41. The number of fused-ring (bicyclic) bond motifs is 1. The maximum atomic E-state index is 12.5. The molecule has 25 heavy (non-hydrogen) atoms. The molecule has 1 unspecified atom stereocenters. The monoisotopic (exact) mass is 366 g/mol. The smallest absolute Gasteiger partial charge is 0.221 e. The van der Waals surface area contributed by atoms with E-state index >= 15 is 0 Å². The second-order valence-corrected chi connectivity index (χ2v) is 9.50. The molecule has 1 aliphatic carbocycles. The van der Waals surface area contributed by atoms with Crippen LogP contribution in [-0.4, -0.2) is 51.7 Å². The summed E-state index contributed by atoms with van der Waals surface area (Å²) in [5, 5.41) is 3.13. The minimum absolute atomic E-state index is 0.0159. The summed E-state index contributed by atoms with van der Waals surface area (Å²) in [5.74, 6) is -0.381. The van der Waals surface area contributed by atoms with Crippen LogP contribution in [0.4, 0.5) is 0 Å². The quantitative estimate of drug-likeness (QED) is 0.856. The van der Waals surface area contributed by atoms with Gasteiger partial charge in [0.15, 0.2) is 0 Å². The highest BCUT2D eigenvalue weighted by molar-refractivity contribution is 7.89. The second-order valence-electron chi connectivity index (χ2n) is 7.20. The summed E-state index contributed by atoms with van der Waals surface area (Å²) < 4.78 is 30.5. The van der Waals surface area contributed by atoms with Gasteiger partial charge in [-0.1, -0.05) is 24.3 Å². The molecule has 0 bridgehead atoms. The predicted octanol–water partition coefficient (Wildman–Crippen LogP) is 1.48. The Morgan fingerprint density at radius 2 is 1.96 bits per heavy atom. The fourth-order valence-corrected chi connectivity index (χ4v) is 4.71. The summed E-state index contributed by atoms with van der Waals surface area (Å²) in [4.78, 5) is 12.5. The fourth-order valence-electron chi connectivity index (χ4n) is 3.90. The van der Waals surface area contributed by atoms with Crippen molar-refractivity contribution in [3.63, 3.8) is 0 Å². The molecule has 6 nitrogen and oxygen atoms in total. The Morgan fingerprint density at radius 1 is 1.28 bits per heavy atom. The highest BCUT2D eigenvalue weighted by Crippen LogP contribution is 2.51. The zero-order chi connectivity index (χ0) is 18.1. The van der Waals surface area contributed by atoms with Gasteiger partial charge in [-0.25, -0.2) is 12.7 Å². The molecular weight excluding hydrogens is 340 g/mol. The van der Waals surface area contributed by atoms with Crippen LogP contribution in [0.25, 0.3) is 0 Å². The Labute approximate surface area is 149 Å². The van der Waals surface area contributed by atoms with E-state index in [4.69, 9.17) is 4.74 Å². The molecule has 0 radical (unpaired) electrons. The average Bonchev–Trinajstić information content (AvgIpc) is 2.87. The van der Waals surface area contributed by atoms with Gasteiger partial charge in [0, 0.05) is 39.1 Å². The van der Waals surface area contributed by atoms with Gasteiger partial charge in [0.1, 0.15) is 0 Å². The van der Waals surface area contributed by atoms with Crippen molar-refractivity contribution < 1.29 is 17.9 Å². The first-order chi connectivity index (χ1) is 11.8. The molecule has 0 saturated carbocycles. The SMILES string of the molecule is CN(C)S(=O)(=O)CCC(=O)NC1c2ccccc2CC12CCOCC2. The van der Waals surface area contributed by atoms with Crippen molar-refractivity contribution in [1.82, 2.24) is 9.62 Å². The van der Waals surface area contributed by atoms with Gasteiger partial charge >= 0.3 is 0 Å². The number of carbonyl (C=O) groups is 1. The van der Waals surface area contributed by atoms with Crippen molar-refractivity contribution >= 4 is 15.9 Å². The van der Waals surface area contributed by atoms with Crippen LogP contribution < -0.4 is 5.32 Å². The highest BCUT2D eigenvalue weighted by Gasteiger charge is 2.47. The molecule has 138 valence electrons. The molecule has 1 aromatic rings. The Balaban J connectivity index is 1.75. The number of hydrogen-bond donors (Lipinski definition) is 1. The Hall–Kier alpha value is -1.44. The molecule has 1 spiro atoms. The molecule has 1 atom stereocenters. The van der Waals surface area contributed by atoms with Gasteiger partial charge in [-0.3, -0.25) is 4.79 Å². The minimum Gasteiger partial charge on any atom is -0.381 e. The Morgan fingerprint density at radius 3 is 2.64 bits per heavy atom. The third kappa shape index (κ3) is 3.73. The van der Waals surface area contributed by atoms with E-state index in [1.807, 2.05) is 12.1 Å². The summed E-state index contributed by atoms with van der Waals surface area (Å²) in [6, 6.07) is 8.14. The number of nitrogens with zero attached hydrogens (tertiary/aromatic N) is 1. The van der Waals surface area contributed by atoms with Crippen LogP contribution in [0.3, 0.4) is 0 Å². The normalized spacial score (nSPS) is 22.1. The van der Waals surface area contributed by atoms with Crippen molar-refractivity contribution in [3.8, 4) is 0 Å². The van der Waals surface area contributed by atoms with Crippen molar-refractivity contribution in [3.05, 3.63) is 35.4 Å². The van der Waals surface area contributed by atoms with E-state index in [0.29, 0.717) is 13.2 Å². The Kier molecular flexibility index (Phi) is 5.18. The first-order valence-electron chi connectivity index (χ1n) is 8.69. The van der Waals surface area contributed by atoms with Gasteiger partial charge < -0.3 is 10.1 Å². The largest absolute Gasteiger partial charge is 0.381 e. The number of nitrogens with one attached hydrogen (secondary N) is 1. The van der Waals surface area contributed by atoms with Crippen LogP contribution in [0.2, 0.25) is 0 Å². The molecule has 1 saturated heterocycles. The van der Waals surface area contributed by atoms with E-state index < -0.39 is 10.0 Å². The summed E-state index contributed by atoms with van der Waals surface area (Å²) in [7, 11) is -0.401. The van der Waals surface area contributed by atoms with Crippen molar-refractivity contribution in [2.45, 2.75) is 31.7 Å². The summed E-state index contributed by atoms with van der Waals surface area (Å²) in [6.07, 6.45) is 2.73. The zero-order valence-electron chi connectivity index (χ0n) is 14.8. The molecule has 1 amide bonds. The van der Waals surface area contributed by atoms with Gasteiger partial charge in [-0.2, -0.15) is 0 Å². The molecule has 1 aromatic carbocycles. The maximum Gasteiger partial charge on any atom is 0.221 e. The summed E-state index contributed by atoms with van der Waals surface area (Å²) >= 11 is 0. The number of carbonyl (C=O) groups excluding carboxylic acids is 1. The lowest BCUT2D eigenvalue weighted by Gasteiger charge is -2.39. The van der Waals surface area contributed by atoms with E-state index in [1.165, 1.54) is 19.7 Å². The zero-order valence-corrected chi connectivity index (χ0v) is 15.6. The van der Waals surface area contributed by atoms with E-state index in [1.54, 1.807) is 0 Å². The van der Waals surface area contributed by atoms with E-state index in [9.17, 15) is 13.2 Å². The van der Waals surface area contributed by atoms with Gasteiger partial charge in [0.25, 0.3) is 0 Å². The van der Waals surface area contributed by atoms with Gasteiger partial charge in [-0.05, 0) is 30.4 Å². The molecule has 0 aromatic heterocycles. The van der Waals surface area contributed by atoms with Gasteiger partial charge in [0.2, 0.25) is 15.9 Å². The van der Waals surface area contributed by atoms with E-state index in [2.05, 4.69) is 17.4 Å². The fraction of sp³-hybridized carbons (Fsp3) is 0.611. The maximum absolute atomic E-state index is 12.5. The molecule has 1 aliphatic heterocycles. The topological polar surface area (TPSA) is 75.7 Å². The van der Waals surface area contributed by atoms with Crippen LogP contribution in [-0.2, 0) is 26.0 Å². The molecule has 3 rings (SSSR count). The lowest BCUT2D eigenvalue weighted by molar-refractivity contribution is -0.123. The molecule has 1 N–H and O–H groups in total. The number of sulfonamides is 1. The first kappa shape index (κ1) is 18.4. The van der Waals surface area contributed by atoms with Crippen LogP contribution in [0.5, 0.6) is 0 Å². The van der Waals surface area contributed by atoms with Crippen LogP contribution in [0.15, 0.2) is 24.3 Å². The van der Waals surface area contributed by atoms with E-state index in [0.717, 1.165) is 29.1 Å². The van der Waals surface area contributed by atoms with Crippen LogP contribution in [0, 0.1) is 5.41 Å². The van der Waals surface area contributed by atoms with Gasteiger partial charge in [-0.15, -0.1) is 0 Å². The third-order valence-electron chi connectivity index (χ3n) is 5.46.